The number of amides is 1. The van der Waals surface area contributed by atoms with Crippen molar-refractivity contribution in [2.45, 2.75) is 26.3 Å². The van der Waals surface area contributed by atoms with Crippen LogP contribution in [0.4, 0.5) is 5.69 Å². The number of aliphatic imine (C=N–C) groups is 1. The Balaban J connectivity index is 1.43. The minimum atomic E-state index is 0.108. The van der Waals surface area contributed by atoms with E-state index in [9.17, 15) is 4.79 Å². The molecule has 1 fully saturated rings. The lowest BCUT2D eigenvalue weighted by Crippen LogP contribution is -2.55. The third kappa shape index (κ3) is 3.95. The Hall–Kier alpha value is -3.12. The van der Waals surface area contributed by atoms with Gasteiger partial charge in [0.05, 0.1) is 12.0 Å². The third-order valence-electron chi connectivity index (χ3n) is 5.84. The van der Waals surface area contributed by atoms with Crippen LogP contribution >= 0.6 is 11.3 Å². The minimum Gasteiger partial charge on any atom is -0.454 e. The fourth-order valence-electron chi connectivity index (χ4n) is 4.26. The van der Waals surface area contributed by atoms with Gasteiger partial charge >= 0.3 is 0 Å². The SMILES string of the molecule is Cc1ccc2c(c1)C(N1CCN(C(=O)Cc3cccs3)[C@H](C)C1)=Nc1ccccc1O2. The zero-order valence-corrected chi connectivity index (χ0v) is 18.6. The maximum Gasteiger partial charge on any atom is 0.228 e. The summed E-state index contributed by atoms with van der Waals surface area (Å²) in [7, 11) is 0. The average Bonchev–Trinajstić information content (AvgIpc) is 3.21. The molecule has 0 N–H and O–H groups in total. The Morgan fingerprint density at radius 1 is 1.13 bits per heavy atom. The smallest absolute Gasteiger partial charge is 0.228 e. The molecular weight excluding hydrogens is 406 g/mol. The summed E-state index contributed by atoms with van der Waals surface area (Å²) < 4.78 is 6.22. The van der Waals surface area contributed by atoms with Gasteiger partial charge in [0.25, 0.3) is 0 Å². The molecule has 0 unspecified atom stereocenters. The van der Waals surface area contributed by atoms with Crippen LogP contribution < -0.4 is 4.74 Å². The number of carbonyl (C=O) groups excluding carboxylic acids is 1. The van der Waals surface area contributed by atoms with Crippen LogP contribution in [-0.2, 0) is 11.2 Å². The van der Waals surface area contributed by atoms with Crippen molar-refractivity contribution in [1.29, 1.82) is 0 Å². The fourth-order valence-corrected chi connectivity index (χ4v) is 4.96. The van der Waals surface area contributed by atoms with Gasteiger partial charge in [0, 0.05) is 30.6 Å². The maximum atomic E-state index is 12.9. The van der Waals surface area contributed by atoms with E-state index in [1.165, 1.54) is 5.56 Å². The van der Waals surface area contributed by atoms with Crippen molar-refractivity contribution in [3.8, 4) is 11.5 Å². The molecule has 0 saturated carbocycles. The van der Waals surface area contributed by atoms with Crippen LogP contribution in [0.25, 0.3) is 0 Å². The first-order valence-electron chi connectivity index (χ1n) is 10.6. The lowest BCUT2D eigenvalue weighted by Gasteiger charge is -2.41. The van der Waals surface area contributed by atoms with Gasteiger partial charge in [0.1, 0.15) is 17.3 Å². The summed E-state index contributed by atoms with van der Waals surface area (Å²) in [5.41, 5.74) is 3.00. The van der Waals surface area contributed by atoms with E-state index in [-0.39, 0.29) is 11.9 Å². The number of hydrogen-bond donors (Lipinski definition) is 0. The quantitative estimate of drug-likeness (QED) is 0.573. The van der Waals surface area contributed by atoms with Crippen LogP contribution in [-0.4, -0.2) is 47.2 Å². The molecule has 0 aliphatic carbocycles. The van der Waals surface area contributed by atoms with Crippen molar-refractivity contribution in [2.24, 2.45) is 4.99 Å². The normalized spacial score (nSPS) is 17.9. The molecule has 2 aromatic carbocycles. The predicted molar refractivity (Wildman–Crippen MR) is 125 cm³/mol. The highest BCUT2D eigenvalue weighted by Crippen LogP contribution is 2.38. The minimum absolute atomic E-state index is 0.108. The maximum absolute atomic E-state index is 12.9. The number of piperazine rings is 1. The Labute approximate surface area is 186 Å². The van der Waals surface area contributed by atoms with Crippen molar-refractivity contribution < 1.29 is 9.53 Å². The number of amidine groups is 1. The Morgan fingerprint density at radius 3 is 2.81 bits per heavy atom. The van der Waals surface area contributed by atoms with E-state index in [1.54, 1.807) is 11.3 Å². The molecule has 1 saturated heterocycles. The first-order valence-corrected chi connectivity index (χ1v) is 11.5. The van der Waals surface area contributed by atoms with E-state index < -0.39 is 0 Å². The molecule has 2 aliphatic rings. The molecular formula is C25H25N3O2S. The number of rotatable bonds is 2. The van der Waals surface area contributed by atoms with Gasteiger partial charge in [0.15, 0.2) is 5.75 Å². The number of thiophene rings is 1. The van der Waals surface area contributed by atoms with Crippen LogP contribution in [0.1, 0.15) is 22.9 Å². The topological polar surface area (TPSA) is 45.1 Å². The van der Waals surface area contributed by atoms with Crippen molar-refractivity contribution in [3.63, 3.8) is 0 Å². The van der Waals surface area contributed by atoms with Gasteiger partial charge < -0.3 is 14.5 Å². The first kappa shape index (κ1) is 19.8. The lowest BCUT2D eigenvalue weighted by molar-refractivity contribution is -0.134. The van der Waals surface area contributed by atoms with Crippen molar-refractivity contribution >= 4 is 28.8 Å². The van der Waals surface area contributed by atoms with Crippen LogP contribution in [0.15, 0.2) is 65.0 Å². The molecule has 3 aromatic rings. The van der Waals surface area contributed by atoms with Crippen LogP contribution in [0.3, 0.4) is 0 Å². The molecule has 31 heavy (non-hydrogen) atoms. The van der Waals surface area contributed by atoms with Gasteiger partial charge in [-0.1, -0.05) is 29.8 Å². The molecule has 0 bridgehead atoms. The van der Waals surface area contributed by atoms with E-state index in [0.29, 0.717) is 13.0 Å². The number of carbonyl (C=O) groups is 1. The number of fused-ring (bicyclic) bond motifs is 2. The second-order valence-electron chi connectivity index (χ2n) is 8.14. The number of nitrogens with zero attached hydrogens (tertiary/aromatic N) is 3. The van der Waals surface area contributed by atoms with Crippen molar-refractivity contribution in [3.05, 3.63) is 76.0 Å². The molecule has 3 heterocycles. The van der Waals surface area contributed by atoms with Crippen LogP contribution in [0, 0.1) is 6.92 Å². The molecule has 5 nitrogen and oxygen atoms in total. The second kappa shape index (κ2) is 8.19. The molecule has 0 radical (unpaired) electrons. The molecule has 6 heteroatoms. The molecule has 1 atom stereocenters. The third-order valence-corrected chi connectivity index (χ3v) is 6.72. The Morgan fingerprint density at radius 2 is 2.00 bits per heavy atom. The summed E-state index contributed by atoms with van der Waals surface area (Å²) in [6, 6.07) is 18.2. The highest BCUT2D eigenvalue weighted by atomic mass is 32.1. The Bertz CT molecular complexity index is 1140. The molecule has 1 amide bonds. The van der Waals surface area contributed by atoms with E-state index in [2.05, 4.69) is 30.9 Å². The van der Waals surface area contributed by atoms with Gasteiger partial charge in [-0.25, -0.2) is 4.99 Å². The van der Waals surface area contributed by atoms with E-state index in [1.807, 2.05) is 52.7 Å². The zero-order chi connectivity index (χ0) is 21.4. The number of aryl methyl sites for hydroxylation is 1. The molecule has 1 aromatic heterocycles. The summed E-state index contributed by atoms with van der Waals surface area (Å²) in [5.74, 6) is 2.70. The average molecular weight is 432 g/mol. The summed E-state index contributed by atoms with van der Waals surface area (Å²) in [6.07, 6.45) is 0.478. The molecule has 2 aliphatic heterocycles. The van der Waals surface area contributed by atoms with E-state index in [4.69, 9.17) is 9.73 Å². The summed E-state index contributed by atoms with van der Waals surface area (Å²) in [6.45, 7) is 6.38. The van der Waals surface area contributed by atoms with Crippen LogP contribution in [0.2, 0.25) is 0 Å². The van der Waals surface area contributed by atoms with Crippen LogP contribution in [0.5, 0.6) is 11.5 Å². The van der Waals surface area contributed by atoms with E-state index >= 15 is 0 Å². The molecule has 5 rings (SSSR count). The summed E-state index contributed by atoms with van der Waals surface area (Å²) in [4.78, 5) is 23.3. The van der Waals surface area contributed by atoms with Gasteiger partial charge in [0.2, 0.25) is 5.91 Å². The summed E-state index contributed by atoms with van der Waals surface area (Å²) >= 11 is 1.64. The van der Waals surface area contributed by atoms with Crippen molar-refractivity contribution in [2.75, 3.05) is 19.6 Å². The van der Waals surface area contributed by atoms with Gasteiger partial charge in [-0.05, 0) is 49.6 Å². The second-order valence-corrected chi connectivity index (χ2v) is 9.18. The highest BCUT2D eigenvalue weighted by molar-refractivity contribution is 7.10. The van der Waals surface area contributed by atoms with Gasteiger partial charge in [-0.2, -0.15) is 0 Å². The number of benzene rings is 2. The predicted octanol–water partition coefficient (Wildman–Crippen LogP) is 5.02. The van der Waals surface area contributed by atoms with Gasteiger partial charge in [-0.15, -0.1) is 11.3 Å². The van der Waals surface area contributed by atoms with Crippen molar-refractivity contribution in [1.82, 2.24) is 9.80 Å². The van der Waals surface area contributed by atoms with Gasteiger partial charge in [-0.3, -0.25) is 4.79 Å². The Kier molecular flexibility index (Phi) is 5.24. The first-order chi connectivity index (χ1) is 15.1. The lowest BCUT2D eigenvalue weighted by atomic mass is 10.1. The molecule has 158 valence electrons. The number of hydrogen-bond acceptors (Lipinski definition) is 5. The fraction of sp³-hybridized carbons (Fsp3) is 0.280. The zero-order valence-electron chi connectivity index (χ0n) is 17.7. The molecule has 0 spiro atoms. The number of ether oxygens (including phenoxy) is 1. The highest BCUT2D eigenvalue weighted by Gasteiger charge is 2.31. The van der Waals surface area contributed by atoms with E-state index in [0.717, 1.165) is 46.6 Å². The standard InChI is InChI=1S/C25H25N3O2S/c1-17-9-10-22-20(14-17)25(26-21-7-3-4-8-23(21)30-22)27-11-12-28(18(2)16-27)24(29)15-19-6-5-13-31-19/h3-10,13-14,18H,11-12,15-16H2,1-2H3/t18-/m1/s1. The number of para-hydroxylation sites is 2. The largest absolute Gasteiger partial charge is 0.454 e. The monoisotopic (exact) mass is 431 g/mol. The summed E-state index contributed by atoms with van der Waals surface area (Å²) in [5, 5.41) is 2.02.